The molecule has 1 fully saturated rings. The topological polar surface area (TPSA) is 95.5 Å². The second kappa shape index (κ2) is 13.6. The van der Waals surface area contributed by atoms with Crippen LogP contribution in [-0.2, 0) is 16.0 Å². The number of rotatable bonds is 10. The lowest BCUT2D eigenvalue weighted by Crippen LogP contribution is -2.26. The van der Waals surface area contributed by atoms with Gasteiger partial charge in [-0.15, -0.1) is 0 Å². The zero-order valence-corrected chi connectivity index (χ0v) is 23.4. The number of hydrogen-bond acceptors (Lipinski definition) is 3. The van der Waals surface area contributed by atoms with E-state index in [1.807, 2.05) is 36.4 Å². The van der Waals surface area contributed by atoms with Crippen LogP contribution in [0.5, 0.6) is 0 Å². The fraction of sp³-hybridized carbons (Fsp3) is 0.323. The number of carbonyl (C=O) groups excluding carboxylic acids is 2. The first-order valence-electron chi connectivity index (χ1n) is 13.1. The van der Waals surface area contributed by atoms with E-state index in [2.05, 4.69) is 57.5 Å². The Labute approximate surface area is 237 Å². The summed E-state index contributed by atoms with van der Waals surface area (Å²) >= 11 is 2.23. The highest BCUT2D eigenvalue weighted by atomic mass is 127. The zero-order valence-electron chi connectivity index (χ0n) is 21.3. The van der Waals surface area contributed by atoms with E-state index in [-0.39, 0.29) is 24.8 Å². The van der Waals surface area contributed by atoms with E-state index < -0.39 is 11.9 Å². The molecule has 0 aliphatic heterocycles. The predicted octanol–water partition coefficient (Wildman–Crippen LogP) is 6.51. The summed E-state index contributed by atoms with van der Waals surface area (Å²) in [6, 6.07) is 23.4. The molecule has 0 spiro atoms. The number of anilines is 1. The minimum absolute atomic E-state index is 0.0760. The molecule has 1 aliphatic carbocycles. The first-order chi connectivity index (χ1) is 18.4. The van der Waals surface area contributed by atoms with Gasteiger partial charge in [0.1, 0.15) is 0 Å². The van der Waals surface area contributed by atoms with E-state index in [0.29, 0.717) is 17.9 Å². The van der Waals surface area contributed by atoms with Crippen LogP contribution in [0.1, 0.15) is 77.4 Å². The van der Waals surface area contributed by atoms with Crippen LogP contribution in [0.3, 0.4) is 0 Å². The highest BCUT2D eigenvalue weighted by molar-refractivity contribution is 14.1. The van der Waals surface area contributed by atoms with Crippen molar-refractivity contribution in [3.63, 3.8) is 0 Å². The van der Waals surface area contributed by atoms with Gasteiger partial charge < -0.3 is 15.7 Å². The quantitative estimate of drug-likeness (QED) is 0.224. The fourth-order valence-electron chi connectivity index (χ4n) is 5.01. The number of halogens is 1. The summed E-state index contributed by atoms with van der Waals surface area (Å²) in [6.45, 7) is 0.0768. The molecule has 38 heavy (non-hydrogen) atoms. The molecule has 3 aromatic rings. The average Bonchev–Trinajstić information content (AvgIpc) is 2.92. The fourth-order valence-corrected chi connectivity index (χ4v) is 5.55. The van der Waals surface area contributed by atoms with E-state index in [1.165, 1.54) is 37.7 Å². The SMILES string of the molecule is O=C(O)CCNC(=O)c1ccc(CC(C(=O)Nc2cccc(I)c2)c2ccc(C3CCCCC3)cc2)cc1. The van der Waals surface area contributed by atoms with Crippen LogP contribution in [0.2, 0.25) is 0 Å². The Hall–Kier alpha value is -3.20. The van der Waals surface area contributed by atoms with Crippen molar-refractivity contribution in [3.05, 3.63) is 98.6 Å². The number of hydrogen-bond donors (Lipinski definition) is 3. The molecule has 3 N–H and O–H groups in total. The lowest BCUT2D eigenvalue weighted by Gasteiger charge is -2.23. The van der Waals surface area contributed by atoms with Gasteiger partial charge in [-0.1, -0.05) is 61.7 Å². The van der Waals surface area contributed by atoms with Crippen molar-refractivity contribution in [2.45, 2.75) is 56.8 Å². The van der Waals surface area contributed by atoms with Gasteiger partial charge in [-0.2, -0.15) is 0 Å². The number of aliphatic carboxylic acids is 1. The molecule has 198 valence electrons. The predicted molar refractivity (Wildman–Crippen MR) is 158 cm³/mol. The summed E-state index contributed by atoms with van der Waals surface area (Å²) in [5.74, 6) is -1.15. The second-order valence-corrected chi connectivity index (χ2v) is 11.1. The summed E-state index contributed by atoms with van der Waals surface area (Å²) in [6.07, 6.45) is 6.69. The Morgan fingerprint density at radius 2 is 1.63 bits per heavy atom. The summed E-state index contributed by atoms with van der Waals surface area (Å²) in [7, 11) is 0. The molecule has 3 aromatic carbocycles. The number of carboxylic acid groups (broad SMARTS) is 1. The van der Waals surface area contributed by atoms with Crippen LogP contribution in [0.4, 0.5) is 5.69 Å². The van der Waals surface area contributed by atoms with Crippen molar-refractivity contribution in [2.24, 2.45) is 0 Å². The molecule has 1 saturated carbocycles. The highest BCUT2D eigenvalue weighted by Gasteiger charge is 2.23. The average molecular weight is 625 g/mol. The van der Waals surface area contributed by atoms with Crippen LogP contribution in [-0.4, -0.2) is 29.4 Å². The van der Waals surface area contributed by atoms with E-state index >= 15 is 0 Å². The Balaban J connectivity index is 1.51. The molecular weight excluding hydrogens is 591 g/mol. The van der Waals surface area contributed by atoms with Crippen molar-refractivity contribution >= 4 is 46.1 Å². The zero-order chi connectivity index (χ0) is 26.9. The minimum atomic E-state index is -0.957. The third-order valence-corrected chi connectivity index (χ3v) is 7.78. The second-order valence-electron chi connectivity index (χ2n) is 9.85. The van der Waals surface area contributed by atoms with Crippen LogP contribution < -0.4 is 10.6 Å². The van der Waals surface area contributed by atoms with Crippen LogP contribution in [0.25, 0.3) is 0 Å². The van der Waals surface area contributed by atoms with E-state index in [1.54, 1.807) is 12.1 Å². The number of nitrogens with one attached hydrogen (secondary N) is 2. The molecule has 6 nitrogen and oxygen atoms in total. The monoisotopic (exact) mass is 624 g/mol. The van der Waals surface area contributed by atoms with Crippen molar-refractivity contribution in [3.8, 4) is 0 Å². The third kappa shape index (κ3) is 7.90. The Kier molecular flexibility index (Phi) is 9.92. The third-order valence-electron chi connectivity index (χ3n) is 7.10. The largest absolute Gasteiger partial charge is 0.481 e. The van der Waals surface area contributed by atoms with Gasteiger partial charge in [0.15, 0.2) is 0 Å². The molecule has 2 amide bonds. The molecule has 1 aliphatic rings. The van der Waals surface area contributed by atoms with Crippen molar-refractivity contribution in [2.75, 3.05) is 11.9 Å². The molecule has 0 radical (unpaired) electrons. The van der Waals surface area contributed by atoms with Gasteiger partial charge in [0.2, 0.25) is 5.91 Å². The van der Waals surface area contributed by atoms with Crippen LogP contribution >= 0.6 is 22.6 Å². The number of benzene rings is 3. The van der Waals surface area contributed by atoms with E-state index in [0.717, 1.165) is 20.4 Å². The molecule has 1 unspecified atom stereocenters. The van der Waals surface area contributed by atoms with Gasteiger partial charge in [-0.05, 0) is 94.8 Å². The highest BCUT2D eigenvalue weighted by Crippen LogP contribution is 2.34. The van der Waals surface area contributed by atoms with Crippen molar-refractivity contribution in [1.29, 1.82) is 0 Å². The molecule has 0 heterocycles. The maximum Gasteiger partial charge on any atom is 0.305 e. The minimum Gasteiger partial charge on any atom is -0.481 e. The molecule has 7 heteroatoms. The van der Waals surface area contributed by atoms with Crippen molar-refractivity contribution in [1.82, 2.24) is 5.32 Å². The summed E-state index contributed by atoms with van der Waals surface area (Å²) < 4.78 is 1.05. The van der Waals surface area contributed by atoms with Gasteiger partial charge in [0.05, 0.1) is 12.3 Å². The van der Waals surface area contributed by atoms with Gasteiger partial charge in [-0.25, -0.2) is 0 Å². The van der Waals surface area contributed by atoms with Gasteiger partial charge in [-0.3, -0.25) is 14.4 Å². The summed E-state index contributed by atoms with van der Waals surface area (Å²) in [4.78, 5) is 36.5. The maximum atomic E-state index is 13.5. The summed E-state index contributed by atoms with van der Waals surface area (Å²) in [5, 5.41) is 14.5. The Morgan fingerprint density at radius 1 is 0.921 bits per heavy atom. The smallest absolute Gasteiger partial charge is 0.305 e. The molecule has 0 aromatic heterocycles. The first-order valence-corrected chi connectivity index (χ1v) is 14.2. The van der Waals surface area contributed by atoms with Gasteiger partial charge >= 0.3 is 5.97 Å². The number of amides is 2. The summed E-state index contributed by atoms with van der Waals surface area (Å²) in [5.41, 5.74) is 4.47. The number of carboxylic acids is 1. The molecule has 0 saturated heterocycles. The normalized spacial score (nSPS) is 14.4. The number of carbonyl (C=O) groups is 3. The molecule has 1 atom stereocenters. The molecule has 4 rings (SSSR count). The standard InChI is InChI=1S/C31H33IN2O4/c32-26-7-4-8-27(20-26)34-31(38)28(24-15-13-23(14-16-24)22-5-2-1-3-6-22)19-21-9-11-25(12-10-21)30(37)33-18-17-29(35)36/h4,7-16,20,22,28H,1-3,5-6,17-19H2,(H,33,37)(H,34,38)(H,35,36). The van der Waals surface area contributed by atoms with Gasteiger partial charge in [0.25, 0.3) is 5.91 Å². The molecule has 0 bridgehead atoms. The lowest BCUT2D eigenvalue weighted by molar-refractivity contribution is -0.136. The van der Waals surface area contributed by atoms with Crippen molar-refractivity contribution < 1.29 is 19.5 Å². The van der Waals surface area contributed by atoms with Gasteiger partial charge in [0, 0.05) is 21.4 Å². The van der Waals surface area contributed by atoms with Crippen LogP contribution in [0.15, 0.2) is 72.8 Å². The van der Waals surface area contributed by atoms with E-state index in [9.17, 15) is 14.4 Å². The van der Waals surface area contributed by atoms with E-state index in [4.69, 9.17) is 5.11 Å². The Morgan fingerprint density at radius 3 is 2.29 bits per heavy atom. The first kappa shape index (κ1) is 27.8. The Bertz CT molecular complexity index is 1250. The van der Waals surface area contributed by atoms with Crippen LogP contribution in [0, 0.1) is 3.57 Å². The maximum absolute atomic E-state index is 13.5. The lowest BCUT2D eigenvalue weighted by atomic mass is 9.83. The molecular formula is C31H33IN2O4.